The Morgan fingerprint density at radius 2 is 2.04 bits per heavy atom. The van der Waals surface area contributed by atoms with E-state index in [9.17, 15) is 10.1 Å². The molecule has 3 rings (SSSR count). The Hall–Kier alpha value is -3.08. The Kier molecular flexibility index (Phi) is 5.83. The predicted octanol–water partition coefficient (Wildman–Crippen LogP) is 1.42. The molecule has 144 valence electrons. The summed E-state index contributed by atoms with van der Waals surface area (Å²) in [5.74, 6) is 3.39. The van der Waals surface area contributed by atoms with E-state index in [1.807, 2.05) is 6.07 Å². The average molecular weight is 376 g/mol. The maximum absolute atomic E-state index is 12.7. The largest absolute Gasteiger partial charge is 0.356 e. The van der Waals surface area contributed by atoms with E-state index in [-0.39, 0.29) is 24.0 Å². The first kappa shape index (κ1) is 19.7. The van der Waals surface area contributed by atoms with Gasteiger partial charge in [0.05, 0.1) is 24.2 Å². The second-order valence-electron chi connectivity index (χ2n) is 7.62. The number of nitriles is 2. The Balaban J connectivity index is 1.54. The van der Waals surface area contributed by atoms with Crippen molar-refractivity contribution in [1.29, 1.82) is 10.5 Å². The summed E-state index contributed by atoms with van der Waals surface area (Å²) >= 11 is 0. The van der Waals surface area contributed by atoms with Gasteiger partial charge >= 0.3 is 0 Å². The highest BCUT2D eigenvalue weighted by Gasteiger charge is 2.37. The molecule has 1 aromatic rings. The number of anilines is 1. The SMILES string of the molecule is C#C[C@H]1CC[C@@H](C#N)N1C(=O)CNC1(C)CCN(c2ccc(C#N)cn2)CC1. The lowest BCUT2D eigenvalue weighted by molar-refractivity contribution is -0.131. The number of nitrogens with zero attached hydrogens (tertiary/aromatic N) is 5. The molecule has 2 saturated heterocycles. The fourth-order valence-electron chi connectivity index (χ4n) is 3.87. The fraction of sp³-hybridized carbons (Fsp3) is 0.524. The number of carbonyl (C=O) groups is 1. The second kappa shape index (κ2) is 8.30. The number of nitrogens with one attached hydrogen (secondary N) is 1. The highest BCUT2D eigenvalue weighted by Crippen LogP contribution is 2.26. The van der Waals surface area contributed by atoms with Crippen LogP contribution in [0.3, 0.4) is 0 Å². The normalized spacial score (nSPS) is 23.5. The van der Waals surface area contributed by atoms with Crippen molar-refractivity contribution in [3.63, 3.8) is 0 Å². The number of aromatic nitrogens is 1. The monoisotopic (exact) mass is 376 g/mol. The van der Waals surface area contributed by atoms with Crippen LogP contribution in [0, 0.1) is 35.0 Å². The van der Waals surface area contributed by atoms with Crippen molar-refractivity contribution in [2.24, 2.45) is 0 Å². The summed E-state index contributed by atoms with van der Waals surface area (Å²) < 4.78 is 0. The van der Waals surface area contributed by atoms with Crippen LogP contribution in [0.2, 0.25) is 0 Å². The molecular weight excluding hydrogens is 352 g/mol. The minimum atomic E-state index is -0.424. The Morgan fingerprint density at radius 3 is 2.61 bits per heavy atom. The third kappa shape index (κ3) is 4.09. The highest BCUT2D eigenvalue weighted by atomic mass is 16.2. The first-order chi connectivity index (χ1) is 13.5. The van der Waals surface area contributed by atoms with E-state index < -0.39 is 6.04 Å². The standard InChI is InChI=1S/C21H24N6O/c1-3-17-5-6-18(13-23)27(17)20(28)15-25-21(2)8-10-26(11-9-21)19-7-4-16(12-22)14-24-19/h1,4,7,14,17-18,25H,5-6,8-11,15H2,2H3/t17-,18-/m0/s1. The number of hydrogen-bond donors (Lipinski definition) is 1. The number of likely N-dealkylation sites (tertiary alicyclic amines) is 1. The van der Waals surface area contributed by atoms with Crippen molar-refractivity contribution in [2.75, 3.05) is 24.5 Å². The van der Waals surface area contributed by atoms with Gasteiger partial charge in [-0.25, -0.2) is 4.98 Å². The molecule has 0 bridgehead atoms. The summed E-state index contributed by atoms with van der Waals surface area (Å²) in [4.78, 5) is 20.8. The van der Waals surface area contributed by atoms with Crippen LogP contribution in [0.25, 0.3) is 0 Å². The first-order valence-corrected chi connectivity index (χ1v) is 9.53. The van der Waals surface area contributed by atoms with Gasteiger partial charge in [-0.05, 0) is 44.7 Å². The molecule has 28 heavy (non-hydrogen) atoms. The van der Waals surface area contributed by atoms with Gasteiger partial charge in [-0.2, -0.15) is 10.5 Å². The summed E-state index contributed by atoms with van der Waals surface area (Å²) in [5.41, 5.74) is 0.389. The van der Waals surface area contributed by atoms with Gasteiger partial charge in [-0.1, -0.05) is 5.92 Å². The maximum Gasteiger partial charge on any atom is 0.238 e. The van der Waals surface area contributed by atoms with Gasteiger partial charge in [0.25, 0.3) is 0 Å². The molecule has 7 heteroatoms. The molecule has 2 fully saturated rings. The molecular formula is C21H24N6O. The van der Waals surface area contributed by atoms with Crippen LogP contribution in [0.4, 0.5) is 5.82 Å². The van der Waals surface area contributed by atoms with Gasteiger partial charge in [0.15, 0.2) is 0 Å². The summed E-state index contributed by atoms with van der Waals surface area (Å²) in [6.45, 7) is 3.93. The van der Waals surface area contributed by atoms with Crippen LogP contribution in [-0.4, -0.2) is 53.0 Å². The molecule has 0 aromatic carbocycles. The lowest BCUT2D eigenvalue weighted by atomic mass is 9.89. The van der Waals surface area contributed by atoms with E-state index >= 15 is 0 Å². The lowest BCUT2D eigenvalue weighted by Gasteiger charge is -2.41. The number of rotatable bonds is 4. The molecule has 0 saturated carbocycles. The van der Waals surface area contributed by atoms with Crippen LogP contribution in [-0.2, 0) is 4.79 Å². The third-order valence-corrected chi connectivity index (χ3v) is 5.75. The summed E-state index contributed by atoms with van der Waals surface area (Å²) in [5, 5.41) is 21.6. The molecule has 2 aliphatic heterocycles. The topological polar surface area (TPSA) is 96.0 Å². The maximum atomic E-state index is 12.7. The molecule has 0 spiro atoms. The molecule has 0 aliphatic carbocycles. The molecule has 1 amide bonds. The Labute approximate surface area is 165 Å². The zero-order valence-electron chi connectivity index (χ0n) is 16.1. The van der Waals surface area contributed by atoms with Crippen LogP contribution in [0.1, 0.15) is 38.2 Å². The molecule has 0 radical (unpaired) electrons. The van der Waals surface area contributed by atoms with Gasteiger partial charge in [0.2, 0.25) is 5.91 Å². The van der Waals surface area contributed by atoms with Gasteiger partial charge in [0, 0.05) is 24.8 Å². The van der Waals surface area contributed by atoms with Gasteiger partial charge < -0.3 is 15.1 Å². The van der Waals surface area contributed by atoms with E-state index in [1.54, 1.807) is 17.2 Å². The molecule has 7 nitrogen and oxygen atoms in total. The van der Waals surface area contributed by atoms with Crippen molar-refractivity contribution in [3.8, 4) is 24.5 Å². The Morgan fingerprint density at radius 1 is 1.32 bits per heavy atom. The minimum absolute atomic E-state index is 0.107. The molecule has 1 N–H and O–H groups in total. The van der Waals surface area contributed by atoms with Gasteiger partial charge in [-0.15, -0.1) is 6.42 Å². The average Bonchev–Trinajstić information content (AvgIpc) is 3.16. The van der Waals surface area contributed by atoms with Crippen molar-refractivity contribution in [2.45, 2.75) is 50.2 Å². The number of amides is 1. The minimum Gasteiger partial charge on any atom is -0.356 e. The predicted molar refractivity (Wildman–Crippen MR) is 105 cm³/mol. The summed E-state index contributed by atoms with van der Waals surface area (Å²) in [7, 11) is 0. The van der Waals surface area contributed by atoms with Gasteiger partial charge in [-0.3, -0.25) is 4.79 Å². The van der Waals surface area contributed by atoms with E-state index in [0.29, 0.717) is 18.4 Å². The molecule has 2 atom stereocenters. The third-order valence-electron chi connectivity index (χ3n) is 5.75. The van der Waals surface area contributed by atoms with Gasteiger partial charge in [0.1, 0.15) is 17.9 Å². The zero-order chi connectivity index (χ0) is 20.1. The summed E-state index contributed by atoms with van der Waals surface area (Å²) in [6, 6.07) is 7.20. The van der Waals surface area contributed by atoms with E-state index in [0.717, 1.165) is 31.7 Å². The summed E-state index contributed by atoms with van der Waals surface area (Å²) in [6.07, 6.45) is 10.2. The van der Waals surface area contributed by atoms with Crippen LogP contribution in [0.5, 0.6) is 0 Å². The number of carbonyl (C=O) groups excluding carboxylic acids is 1. The quantitative estimate of drug-likeness (QED) is 0.799. The van der Waals surface area contributed by atoms with Crippen LogP contribution >= 0.6 is 0 Å². The van der Waals surface area contributed by atoms with E-state index in [1.165, 1.54) is 0 Å². The number of pyridine rings is 1. The molecule has 2 aliphatic rings. The van der Waals surface area contributed by atoms with E-state index in [4.69, 9.17) is 11.7 Å². The smallest absolute Gasteiger partial charge is 0.238 e. The molecule has 1 aromatic heterocycles. The molecule has 0 unspecified atom stereocenters. The number of piperidine rings is 1. The van der Waals surface area contributed by atoms with Crippen molar-refractivity contribution < 1.29 is 4.79 Å². The van der Waals surface area contributed by atoms with Crippen LogP contribution in [0.15, 0.2) is 18.3 Å². The first-order valence-electron chi connectivity index (χ1n) is 9.53. The number of terminal acetylenes is 1. The Bertz CT molecular complexity index is 814. The zero-order valence-corrected chi connectivity index (χ0v) is 16.1. The van der Waals surface area contributed by atoms with Crippen LogP contribution < -0.4 is 10.2 Å². The van der Waals surface area contributed by atoms with Crippen molar-refractivity contribution >= 4 is 11.7 Å². The highest BCUT2D eigenvalue weighted by molar-refractivity contribution is 5.80. The lowest BCUT2D eigenvalue weighted by Crippen LogP contribution is -2.55. The molecule has 3 heterocycles. The van der Waals surface area contributed by atoms with Crippen molar-refractivity contribution in [3.05, 3.63) is 23.9 Å². The number of hydrogen-bond acceptors (Lipinski definition) is 6. The van der Waals surface area contributed by atoms with Crippen molar-refractivity contribution in [1.82, 2.24) is 15.2 Å². The second-order valence-corrected chi connectivity index (χ2v) is 7.62. The van der Waals surface area contributed by atoms with E-state index in [2.05, 4.69) is 40.2 Å². The fourth-order valence-corrected chi connectivity index (χ4v) is 3.87.